The van der Waals surface area contributed by atoms with Crippen molar-refractivity contribution in [3.05, 3.63) is 65.1 Å². The van der Waals surface area contributed by atoms with E-state index in [4.69, 9.17) is 4.52 Å². The van der Waals surface area contributed by atoms with Gasteiger partial charge in [0.15, 0.2) is 5.58 Å². The van der Waals surface area contributed by atoms with Gasteiger partial charge in [-0.25, -0.2) is 4.39 Å². The first-order chi connectivity index (χ1) is 14.2. The maximum Gasteiger partial charge on any atom is 0.416 e. The van der Waals surface area contributed by atoms with Crippen molar-refractivity contribution in [3.8, 4) is 0 Å². The third-order valence-electron chi connectivity index (χ3n) is 5.81. The third kappa shape index (κ3) is 5.19. The molecule has 0 aliphatic carbocycles. The number of alkyl halides is 3. The summed E-state index contributed by atoms with van der Waals surface area (Å²) >= 11 is 0. The Balaban J connectivity index is 0.00000272. The predicted octanol–water partition coefficient (Wildman–Crippen LogP) is 5.32. The first-order valence-electron chi connectivity index (χ1n) is 9.91. The number of benzene rings is 2. The zero-order valence-electron chi connectivity index (χ0n) is 16.7. The molecule has 4 nitrogen and oxygen atoms in total. The molecule has 0 radical (unpaired) electrons. The summed E-state index contributed by atoms with van der Waals surface area (Å²) in [5, 5.41) is 15.7. The second-order valence-corrected chi connectivity index (χ2v) is 7.83. The lowest BCUT2D eigenvalue weighted by molar-refractivity contribution is -0.137. The monoisotopic (exact) mass is 458 g/mol. The quantitative estimate of drug-likeness (QED) is 0.525. The number of likely N-dealkylation sites (tertiary alicyclic amines) is 1. The minimum Gasteiger partial charge on any atom is -0.385 e. The second kappa shape index (κ2) is 9.14. The third-order valence-corrected chi connectivity index (χ3v) is 5.81. The Morgan fingerprint density at radius 2 is 1.84 bits per heavy atom. The summed E-state index contributed by atoms with van der Waals surface area (Å²) in [5.74, 6) is -0.369. The summed E-state index contributed by atoms with van der Waals surface area (Å²) in [5.41, 5.74) is -0.463. The van der Waals surface area contributed by atoms with E-state index in [1.165, 1.54) is 18.2 Å². The van der Waals surface area contributed by atoms with Crippen LogP contribution in [-0.2, 0) is 18.2 Å². The van der Waals surface area contributed by atoms with Crippen molar-refractivity contribution in [3.63, 3.8) is 0 Å². The number of fused-ring (bicyclic) bond motifs is 1. The van der Waals surface area contributed by atoms with E-state index in [0.717, 1.165) is 36.2 Å². The minimum atomic E-state index is -4.43. The molecule has 1 aliphatic rings. The molecule has 31 heavy (non-hydrogen) atoms. The van der Waals surface area contributed by atoms with Crippen LogP contribution in [0.4, 0.5) is 17.6 Å². The van der Waals surface area contributed by atoms with Crippen LogP contribution in [0.1, 0.15) is 36.1 Å². The van der Waals surface area contributed by atoms with E-state index in [1.54, 1.807) is 12.1 Å². The molecule has 3 aromatic rings. The lowest BCUT2D eigenvalue weighted by atomic mass is 9.83. The Labute approximate surface area is 183 Å². The van der Waals surface area contributed by atoms with E-state index < -0.39 is 17.3 Å². The number of aryl methyl sites for hydroxylation is 1. The molecule has 1 aromatic heterocycles. The van der Waals surface area contributed by atoms with Crippen LogP contribution in [0, 0.1) is 5.82 Å². The van der Waals surface area contributed by atoms with Gasteiger partial charge in [-0.15, -0.1) is 12.4 Å². The standard InChI is InChI=1S/C22H22F4N2O2.ClH/c23-17-6-7-18-19(27-30-20(18)14-17)5-2-10-28-11-8-21(29,9-12-28)15-3-1-4-16(13-15)22(24,25)26;/h1,3-4,6-7,13-14,29H,2,5,8-12H2;1H. The number of piperidine rings is 1. The molecular weight excluding hydrogens is 436 g/mol. The summed E-state index contributed by atoms with van der Waals surface area (Å²) in [7, 11) is 0. The van der Waals surface area contributed by atoms with Gasteiger partial charge in [0.25, 0.3) is 0 Å². The van der Waals surface area contributed by atoms with E-state index >= 15 is 0 Å². The number of hydrogen-bond acceptors (Lipinski definition) is 4. The fourth-order valence-corrected chi connectivity index (χ4v) is 4.03. The Morgan fingerprint density at radius 3 is 2.55 bits per heavy atom. The first kappa shape index (κ1) is 23.5. The Kier molecular flexibility index (Phi) is 6.93. The Morgan fingerprint density at radius 1 is 1.10 bits per heavy atom. The van der Waals surface area contributed by atoms with Crippen LogP contribution in [0.2, 0.25) is 0 Å². The van der Waals surface area contributed by atoms with Crippen LogP contribution in [0.15, 0.2) is 47.0 Å². The van der Waals surface area contributed by atoms with Crippen molar-refractivity contribution in [1.29, 1.82) is 0 Å². The smallest absolute Gasteiger partial charge is 0.385 e. The molecule has 0 spiro atoms. The van der Waals surface area contributed by atoms with Gasteiger partial charge in [-0.1, -0.05) is 17.3 Å². The van der Waals surface area contributed by atoms with Crippen molar-refractivity contribution in [2.75, 3.05) is 19.6 Å². The molecule has 0 amide bonds. The number of halogens is 5. The number of rotatable bonds is 5. The zero-order valence-corrected chi connectivity index (χ0v) is 17.5. The van der Waals surface area contributed by atoms with Crippen molar-refractivity contribution >= 4 is 23.4 Å². The summed E-state index contributed by atoms with van der Waals surface area (Å²) in [6, 6.07) is 9.32. The molecule has 168 valence electrons. The van der Waals surface area contributed by atoms with E-state index in [-0.39, 0.29) is 18.2 Å². The Hall–Kier alpha value is -2.16. The van der Waals surface area contributed by atoms with E-state index in [9.17, 15) is 22.7 Å². The number of aliphatic hydroxyl groups is 1. The van der Waals surface area contributed by atoms with Crippen molar-refractivity contribution < 1.29 is 27.2 Å². The molecule has 1 N–H and O–H groups in total. The van der Waals surface area contributed by atoms with Gasteiger partial charge < -0.3 is 14.5 Å². The molecule has 0 saturated carbocycles. The zero-order chi connectivity index (χ0) is 21.4. The highest BCUT2D eigenvalue weighted by Crippen LogP contribution is 2.36. The lowest BCUT2D eigenvalue weighted by Gasteiger charge is -2.38. The first-order valence-corrected chi connectivity index (χ1v) is 9.91. The molecule has 0 atom stereocenters. The molecule has 0 unspecified atom stereocenters. The fourth-order valence-electron chi connectivity index (χ4n) is 4.03. The summed E-state index contributed by atoms with van der Waals surface area (Å²) < 4.78 is 57.3. The maximum absolute atomic E-state index is 13.2. The van der Waals surface area contributed by atoms with Crippen LogP contribution >= 0.6 is 12.4 Å². The maximum atomic E-state index is 13.2. The highest BCUT2D eigenvalue weighted by atomic mass is 35.5. The molecule has 4 rings (SSSR count). The SMILES string of the molecule is Cl.OC1(c2cccc(C(F)(F)F)c2)CCN(CCCc2noc3cc(F)ccc23)CC1. The number of aromatic nitrogens is 1. The average Bonchev–Trinajstić information content (AvgIpc) is 3.11. The fraction of sp³-hybridized carbons (Fsp3) is 0.409. The van der Waals surface area contributed by atoms with Gasteiger partial charge in [-0.05, 0) is 62.1 Å². The highest BCUT2D eigenvalue weighted by Gasteiger charge is 2.36. The van der Waals surface area contributed by atoms with Gasteiger partial charge in [0.1, 0.15) is 5.82 Å². The summed E-state index contributed by atoms with van der Waals surface area (Å²) in [6.07, 6.45) is -2.20. The highest BCUT2D eigenvalue weighted by molar-refractivity contribution is 5.85. The molecule has 1 saturated heterocycles. The van der Waals surface area contributed by atoms with Crippen LogP contribution in [0.25, 0.3) is 11.0 Å². The minimum absolute atomic E-state index is 0. The summed E-state index contributed by atoms with van der Waals surface area (Å²) in [6.45, 7) is 1.96. The van der Waals surface area contributed by atoms with Crippen LogP contribution in [0.5, 0.6) is 0 Å². The van der Waals surface area contributed by atoms with E-state index in [0.29, 0.717) is 43.5 Å². The molecule has 2 heterocycles. The van der Waals surface area contributed by atoms with Gasteiger partial charge in [0, 0.05) is 24.5 Å². The lowest BCUT2D eigenvalue weighted by Crippen LogP contribution is -2.43. The molecular formula is C22H23ClF4N2O2. The van der Waals surface area contributed by atoms with E-state index in [2.05, 4.69) is 10.1 Å². The second-order valence-electron chi connectivity index (χ2n) is 7.83. The molecule has 0 bridgehead atoms. The molecule has 1 fully saturated rings. The van der Waals surface area contributed by atoms with Crippen molar-refractivity contribution in [2.24, 2.45) is 0 Å². The van der Waals surface area contributed by atoms with Crippen molar-refractivity contribution in [2.45, 2.75) is 37.5 Å². The Bertz CT molecular complexity index is 1030. The average molecular weight is 459 g/mol. The van der Waals surface area contributed by atoms with Gasteiger partial charge >= 0.3 is 6.18 Å². The summed E-state index contributed by atoms with van der Waals surface area (Å²) in [4.78, 5) is 2.18. The number of nitrogens with zero attached hydrogens (tertiary/aromatic N) is 2. The van der Waals surface area contributed by atoms with E-state index in [1.807, 2.05) is 0 Å². The van der Waals surface area contributed by atoms with Crippen LogP contribution in [0.3, 0.4) is 0 Å². The largest absolute Gasteiger partial charge is 0.416 e. The van der Waals surface area contributed by atoms with Crippen molar-refractivity contribution in [1.82, 2.24) is 10.1 Å². The van der Waals surface area contributed by atoms with Crippen LogP contribution < -0.4 is 0 Å². The number of hydrogen-bond donors (Lipinski definition) is 1. The normalized spacial score (nSPS) is 16.9. The molecule has 9 heteroatoms. The van der Waals surface area contributed by atoms with Gasteiger partial charge in [-0.3, -0.25) is 0 Å². The van der Waals surface area contributed by atoms with Gasteiger partial charge in [0.2, 0.25) is 0 Å². The predicted molar refractivity (Wildman–Crippen MR) is 111 cm³/mol. The topological polar surface area (TPSA) is 49.5 Å². The molecule has 1 aliphatic heterocycles. The van der Waals surface area contributed by atoms with Crippen LogP contribution in [-0.4, -0.2) is 34.8 Å². The van der Waals surface area contributed by atoms with Gasteiger partial charge in [-0.2, -0.15) is 13.2 Å². The van der Waals surface area contributed by atoms with Gasteiger partial charge in [0.05, 0.1) is 16.9 Å². The molecule has 2 aromatic carbocycles.